The van der Waals surface area contributed by atoms with Crippen LogP contribution in [0.1, 0.15) is 47.5 Å². The molecule has 0 aromatic carbocycles. The Morgan fingerprint density at radius 3 is 2.31 bits per heavy atom. The summed E-state index contributed by atoms with van der Waals surface area (Å²) in [4.78, 5) is 0. The van der Waals surface area contributed by atoms with Crippen molar-refractivity contribution in [2.24, 2.45) is 0 Å². The van der Waals surface area contributed by atoms with Gasteiger partial charge < -0.3 is 10.1 Å². The lowest BCUT2D eigenvalue weighted by atomic mass is 9.94. The highest BCUT2D eigenvalue weighted by molar-refractivity contribution is 4.98. The number of rotatable bonds is 3. The molecule has 1 N–H and O–H groups in total. The zero-order chi connectivity index (χ0) is 10.1. The Kier molecular flexibility index (Phi) is 3.03. The lowest BCUT2D eigenvalue weighted by Crippen LogP contribution is -2.43. The van der Waals surface area contributed by atoms with Gasteiger partial charge in [-0.1, -0.05) is 6.92 Å². The molecule has 1 aliphatic rings. The fourth-order valence-corrected chi connectivity index (χ4v) is 2.20. The van der Waals surface area contributed by atoms with Crippen molar-refractivity contribution in [3.05, 3.63) is 0 Å². The maximum absolute atomic E-state index is 5.98. The van der Waals surface area contributed by atoms with Crippen molar-refractivity contribution in [1.29, 1.82) is 0 Å². The Bertz CT molecular complexity index is 175. The van der Waals surface area contributed by atoms with Crippen molar-refractivity contribution in [3.8, 4) is 0 Å². The van der Waals surface area contributed by atoms with E-state index in [-0.39, 0.29) is 11.2 Å². The van der Waals surface area contributed by atoms with E-state index >= 15 is 0 Å². The second-order valence-corrected chi connectivity index (χ2v) is 5.18. The molecule has 2 nitrogen and oxygen atoms in total. The maximum Gasteiger partial charge on any atom is 0.0787 e. The average molecular weight is 185 g/mol. The van der Waals surface area contributed by atoms with Crippen LogP contribution in [0, 0.1) is 0 Å². The lowest BCUT2D eigenvalue weighted by molar-refractivity contribution is -0.0697. The van der Waals surface area contributed by atoms with Crippen LogP contribution in [0.3, 0.4) is 0 Å². The molecule has 1 unspecified atom stereocenters. The normalized spacial score (nSPS) is 30.7. The average Bonchev–Trinajstić information content (AvgIpc) is 2.14. The maximum atomic E-state index is 5.98. The van der Waals surface area contributed by atoms with Gasteiger partial charge in [-0.15, -0.1) is 0 Å². The Morgan fingerprint density at radius 2 is 1.92 bits per heavy atom. The summed E-state index contributed by atoms with van der Waals surface area (Å²) in [5.41, 5.74) is 0.0214. The van der Waals surface area contributed by atoms with E-state index in [0.717, 1.165) is 13.0 Å². The number of nitrogens with one attached hydrogen (secondary N) is 1. The Morgan fingerprint density at radius 1 is 1.31 bits per heavy atom. The fraction of sp³-hybridized carbons (Fsp3) is 1.00. The van der Waals surface area contributed by atoms with E-state index in [2.05, 4.69) is 39.9 Å². The van der Waals surface area contributed by atoms with Gasteiger partial charge in [0.05, 0.1) is 11.2 Å². The van der Waals surface area contributed by atoms with Gasteiger partial charge in [0.15, 0.2) is 0 Å². The Balaban J connectivity index is 2.54. The largest absolute Gasteiger partial charge is 0.368 e. The van der Waals surface area contributed by atoms with Gasteiger partial charge in [0, 0.05) is 6.04 Å². The first-order valence-electron chi connectivity index (χ1n) is 5.31. The van der Waals surface area contributed by atoms with E-state index in [1.165, 1.54) is 6.42 Å². The van der Waals surface area contributed by atoms with E-state index in [0.29, 0.717) is 6.04 Å². The third kappa shape index (κ3) is 2.68. The molecule has 1 atom stereocenters. The summed E-state index contributed by atoms with van der Waals surface area (Å²) in [6, 6.07) is 0.502. The molecule has 0 aromatic rings. The summed E-state index contributed by atoms with van der Waals surface area (Å²) in [5, 5.41) is 3.55. The van der Waals surface area contributed by atoms with Crippen molar-refractivity contribution in [3.63, 3.8) is 0 Å². The minimum absolute atomic E-state index is 0.0152. The molecule has 0 saturated carbocycles. The molecule has 1 rings (SSSR count). The van der Waals surface area contributed by atoms with Crippen molar-refractivity contribution in [2.75, 3.05) is 6.54 Å². The number of ether oxygens (including phenoxy) is 1. The summed E-state index contributed by atoms with van der Waals surface area (Å²) in [6.45, 7) is 12.0. The van der Waals surface area contributed by atoms with Gasteiger partial charge in [0.2, 0.25) is 0 Å². The second-order valence-electron chi connectivity index (χ2n) is 5.18. The zero-order valence-electron chi connectivity index (χ0n) is 9.61. The smallest absolute Gasteiger partial charge is 0.0787 e. The van der Waals surface area contributed by atoms with Crippen LogP contribution >= 0.6 is 0 Å². The molecule has 1 heterocycles. The van der Waals surface area contributed by atoms with E-state index < -0.39 is 0 Å². The third-order valence-corrected chi connectivity index (χ3v) is 2.71. The van der Waals surface area contributed by atoms with Crippen LogP contribution in [-0.4, -0.2) is 23.8 Å². The molecule has 13 heavy (non-hydrogen) atoms. The molecule has 1 aliphatic heterocycles. The third-order valence-electron chi connectivity index (χ3n) is 2.71. The number of hydrogen-bond acceptors (Lipinski definition) is 2. The van der Waals surface area contributed by atoms with Crippen LogP contribution in [-0.2, 0) is 4.74 Å². The molecule has 0 bridgehead atoms. The molecule has 0 spiro atoms. The highest BCUT2D eigenvalue weighted by atomic mass is 16.5. The number of hydrogen-bond donors (Lipinski definition) is 1. The molecular weight excluding hydrogens is 162 g/mol. The SMILES string of the molecule is CCCNC1CC(C)(C)OC1(C)C. The molecule has 0 aliphatic carbocycles. The predicted molar refractivity (Wildman–Crippen MR) is 55.9 cm³/mol. The molecule has 1 fully saturated rings. The van der Waals surface area contributed by atoms with Crippen LogP contribution in [0.4, 0.5) is 0 Å². The van der Waals surface area contributed by atoms with Crippen molar-refractivity contribution < 1.29 is 4.74 Å². The standard InChI is InChI=1S/C11H23NO/c1-6-7-12-9-8-10(2,3)13-11(9,4)5/h9,12H,6-8H2,1-5H3. The molecule has 0 aromatic heterocycles. The molecule has 0 amide bonds. The molecule has 1 saturated heterocycles. The Labute approximate surface area is 82.0 Å². The minimum Gasteiger partial charge on any atom is -0.368 e. The highest BCUT2D eigenvalue weighted by Crippen LogP contribution is 2.37. The van der Waals surface area contributed by atoms with Gasteiger partial charge in [-0.2, -0.15) is 0 Å². The second kappa shape index (κ2) is 3.58. The Hall–Kier alpha value is -0.0800. The topological polar surface area (TPSA) is 21.3 Å². The van der Waals surface area contributed by atoms with Crippen LogP contribution in [0.2, 0.25) is 0 Å². The van der Waals surface area contributed by atoms with Gasteiger partial charge >= 0.3 is 0 Å². The summed E-state index contributed by atoms with van der Waals surface area (Å²) in [7, 11) is 0. The zero-order valence-corrected chi connectivity index (χ0v) is 9.61. The van der Waals surface area contributed by atoms with Crippen LogP contribution in [0.15, 0.2) is 0 Å². The summed E-state index contributed by atoms with van der Waals surface area (Å²) < 4.78 is 5.98. The molecule has 78 valence electrons. The monoisotopic (exact) mass is 185 g/mol. The van der Waals surface area contributed by atoms with E-state index in [1.807, 2.05) is 0 Å². The van der Waals surface area contributed by atoms with Crippen molar-refractivity contribution in [1.82, 2.24) is 5.32 Å². The van der Waals surface area contributed by atoms with Gasteiger partial charge in [-0.3, -0.25) is 0 Å². The van der Waals surface area contributed by atoms with Crippen LogP contribution in [0.5, 0.6) is 0 Å². The van der Waals surface area contributed by atoms with Crippen LogP contribution < -0.4 is 5.32 Å². The first-order chi connectivity index (χ1) is 5.87. The molecular formula is C11H23NO. The van der Waals surface area contributed by atoms with Gasteiger partial charge in [-0.05, 0) is 47.1 Å². The molecule has 0 radical (unpaired) electrons. The minimum atomic E-state index is -0.0152. The van der Waals surface area contributed by atoms with Crippen molar-refractivity contribution >= 4 is 0 Å². The van der Waals surface area contributed by atoms with Crippen LogP contribution in [0.25, 0.3) is 0 Å². The lowest BCUT2D eigenvalue weighted by Gasteiger charge is -2.27. The molecule has 2 heteroatoms. The first kappa shape index (κ1) is 11.0. The predicted octanol–water partition coefficient (Wildman–Crippen LogP) is 2.33. The van der Waals surface area contributed by atoms with Gasteiger partial charge in [0.1, 0.15) is 0 Å². The summed E-state index contributed by atoms with van der Waals surface area (Å²) >= 11 is 0. The quantitative estimate of drug-likeness (QED) is 0.728. The van der Waals surface area contributed by atoms with Gasteiger partial charge in [0.25, 0.3) is 0 Å². The van der Waals surface area contributed by atoms with E-state index in [9.17, 15) is 0 Å². The summed E-state index contributed by atoms with van der Waals surface area (Å²) in [5.74, 6) is 0. The van der Waals surface area contributed by atoms with Gasteiger partial charge in [-0.25, -0.2) is 0 Å². The first-order valence-corrected chi connectivity index (χ1v) is 5.31. The summed E-state index contributed by atoms with van der Waals surface area (Å²) in [6.07, 6.45) is 2.30. The fourth-order valence-electron chi connectivity index (χ4n) is 2.20. The van der Waals surface area contributed by atoms with Crippen molar-refractivity contribution in [2.45, 2.75) is 64.7 Å². The van der Waals surface area contributed by atoms with E-state index in [1.54, 1.807) is 0 Å². The highest BCUT2D eigenvalue weighted by Gasteiger charge is 2.45. The van der Waals surface area contributed by atoms with E-state index in [4.69, 9.17) is 4.74 Å².